The minimum absolute atomic E-state index is 0.289. The van der Waals surface area contributed by atoms with Gasteiger partial charge in [0.2, 0.25) is 0 Å². The normalized spacial score (nSPS) is 24.5. The molecule has 0 aliphatic carbocycles. The van der Waals surface area contributed by atoms with Crippen LogP contribution in [0.4, 0.5) is 0 Å². The molecule has 4 nitrogen and oxygen atoms in total. The summed E-state index contributed by atoms with van der Waals surface area (Å²) in [5.41, 5.74) is 0.677. The molecule has 0 saturated carbocycles. The van der Waals surface area contributed by atoms with Crippen LogP contribution in [0.3, 0.4) is 0 Å². The molecule has 0 radical (unpaired) electrons. The highest BCUT2D eigenvalue weighted by molar-refractivity contribution is 5.05. The van der Waals surface area contributed by atoms with Crippen molar-refractivity contribution in [3.63, 3.8) is 0 Å². The van der Waals surface area contributed by atoms with E-state index in [1.54, 1.807) is 12.3 Å². The maximum atomic E-state index is 9.88. The van der Waals surface area contributed by atoms with Crippen LogP contribution in [0.5, 0.6) is 0 Å². The van der Waals surface area contributed by atoms with Gasteiger partial charge in [-0.15, -0.1) is 0 Å². The van der Waals surface area contributed by atoms with Gasteiger partial charge in [0.1, 0.15) is 6.10 Å². The maximum absolute atomic E-state index is 9.88. The van der Waals surface area contributed by atoms with E-state index in [0.29, 0.717) is 5.69 Å². The number of hydrogen-bond donors (Lipinski definition) is 2. The van der Waals surface area contributed by atoms with Crippen molar-refractivity contribution in [2.75, 3.05) is 13.1 Å². The SMILES string of the molecule is OC(c1cccnn1)C1CCNC1. The van der Waals surface area contributed by atoms with Gasteiger partial charge in [-0.3, -0.25) is 0 Å². The minimum atomic E-state index is -0.469. The fourth-order valence-corrected chi connectivity index (χ4v) is 1.66. The molecule has 1 aliphatic heterocycles. The van der Waals surface area contributed by atoms with Crippen molar-refractivity contribution in [3.05, 3.63) is 24.0 Å². The van der Waals surface area contributed by atoms with Gasteiger partial charge in [-0.05, 0) is 25.1 Å². The number of aromatic nitrogens is 2. The third-order valence-electron chi connectivity index (χ3n) is 2.44. The van der Waals surface area contributed by atoms with Crippen LogP contribution in [0, 0.1) is 5.92 Å². The molecular formula is C9H13N3O. The molecule has 4 heteroatoms. The Hall–Kier alpha value is -1.00. The summed E-state index contributed by atoms with van der Waals surface area (Å²) in [5.74, 6) is 0.289. The maximum Gasteiger partial charge on any atom is 0.102 e. The van der Waals surface area contributed by atoms with Crippen molar-refractivity contribution in [3.8, 4) is 0 Å². The van der Waals surface area contributed by atoms with Crippen LogP contribution in [-0.4, -0.2) is 28.4 Å². The van der Waals surface area contributed by atoms with Crippen LogP contribution in [0.15, 0.2) is 18.3 Å². The van der Waals surface area contributed by atoms with Gasteiger partial charge in [0.25, 0.3) is 0 Å². The Morgan fingerprint density at radius 1 is 1.62 bits per heavy atom. The molecule has 0 bridgehead atoms. The van der Waals surface area contributed by atoms with Crippen LogP contribution in [0.1, 0.15) is 18.2 Å². The summed E-state index contributed by atoms with van der Waals surface area (Å²) in [5, 5.41) is 20.7. The van der Waals surface area contributed by atoms with Gasteiger partial charge in [0.15, 0.2) is 0 Å². The minimum Gasteiger partial charge on any atom is -0.386 e. The smallest absolute Gasteiger partial charge is 0.102 e. The lowest BCUT2D eigenvalue weighted by molar-refractivity contribution is 0.113. The molecule has 0 aromatic carbocycles. The van der Waals surface area contributed by atoms with Crippen molar-refractivity contribution in [2.24, 2.45) is 5.92 Å². The lowest BCUT2D eigenvalue weighted by Crippen LogP contribution is -2.17. The molecule has 2 rings (SSSR count). The first kappa shape index (κ1) is 8.59. The third kappa shape index (κ3) is 1.84. The molecule has 1 aromatic heterocycles. The van der Waals surface area contributed by atoms with Crippen molar-refractivity contribution < 1.29 is 5.11 Å². The fourth-order valence-electron chi connectivity index (χ4n) is 1.66. The summed E-state index contributed by atoms with van der Waals surface area (Å²) in [7, 11) is 0. The van der Waals surface area contributed by atoms with Crippen LogP contribution in [-0.2, 0) is 0 Å². The average molecular weight is 179 g/mol. The monoisotopic (exact) mass is 179 g/mol. The lowest BCUT2D eigenvalue weighted by atomic mass is 9.99. The Labute approximate surface area is 77.0 Å². The number of nitrogens with zero attached hydrogens (tertiary/aromatic N) is 2. The molecule has 1 fully saturated rings. The van der Waals surface area contributed by atoms with E-state index in [0.717, 1.165) is 19.5 Å². The largest absolute Gasteiger partial charge is 0.386 e. The lowest BCUT2D eigenvalue weighted by Gasteiger charge is -2.15. The first-order valence-corrected chi connectivity index (χ1v) is 4.54. The fraction of sp³-hybridized carbons (Fsp3) is 0.556. The second-order valence-electron chi connectivity index (χ2n) is 3.35. The Bertz CT molecular complexity index is 259. The van der Waals surface area contributed by atoms with E-state index in [1.165, 1.54) is 0 Å². The zero-order chi connectivity index (χ0) is 9.10. The highest BCUT2D eigenvalue weighted by Crippen LogP contribution is 2.24. The van der Waals surface area contributed by atoms with Crippen molar-refractivity contribution in [1.82, 2.24) is 15.5 Å². The van der Waals surface area contributed by atoms with E-state index < -0.39 is 6.10 Å². The van der Waals surface area contributed by atoms with Crippen LogP contribution in [0.25, 0.3) is 0 Å². The molecule has 1 aromatic rings. The highest BCUT2D eigenvalue weighted by atomic mass is 16.3. The molecule has 2 N–H and O–H groups in total. The molecule has 70 valence electrons. The van der Waals surface area contributed by atoms with Gasteiger partial charge in [-0.2, -0.15) is 10.2 Å². The van der Waals surface area contributed by atoms with Crippen LogP contribution in [0.2, 0.25) is 0 Å². The molecule has 2 atom stereocenters. The Morgan fingerprint density at radius 2 is 2.54 bits per heavy atom. The van der Waals surface area contributed by atoms with Gasteiger partial charge in [0, 0.05) is 18.7 Å². The van der Waals surface area contributed by atoms with Crippen LogP contribution >= 0.6 is 0 Å². The van der Waals surface area contributed by atoms with E-state index >= 15 is 0 Å². The van der Waals surface area contributed by atoms with E-state index in [1.807, 2.05) is 6.07 Å². The predicted molar refractivity (Wildman–Crippen MR) is 48.0 cm³/mol. The number of aliphatic hydroxyl groups is 1. The zero-order valence-corrected chi connectivity index (χ0v) is 7.35. The predicted octanol–water partition coefficient (Wildman–Crippen LogP) is 0.119. The summed E-state index contributed by atoms with van der Waals surface area (Å²) in [6.07, 6.45) is 2.16. The Balaban J connectivity index is 2.08. The Morgan fingerprint density at radius 3 is 3.15 bits per heavy atom. The second-order valence-corrected chi connectivity index (χ2v) is 3.35. The van der Waals surface area contributed by atoms with Gasteiger partial charge < -0.3 is 10.4 Å². The summed E-state index contributed by atoms with van der Waals surface area (Å²) < 4.78 is 0. The topological polar surface area (TPSA) is 58.0 Å². The number of rotatable bonds is 2. The van der Waals surface area contributed by atoms with Gasteiger partial charge >= 0.3 is 0 Å². The van der Waals surface area contributed by atoms with Crippen molar-refractivity contribution in [1.29, 1.82) is 0 Å². The van der Waals surface area contributed by atoms with Crippen molar-refractivity contribution in [2.45, 2.75) is 12.5 Å². The molecular weight excluding hydrogens is 166 g/mol. The van der Waals surface area contributed by atoms with E-state index in [4.69, 9.17) is 0 Å². The van der Waals surface area contributed by atoms with E-state index in [9.17, 15) is 5.11 Å². The molecule has 0 amide bonds. The standard InChI is InChI=1S/C9H13N3O/c13-9(7-3-5-10-6-7)8-2-1-4-11-12-8/h1-2,4,7,9-10,13H,3,5-6H2. The summed E-state index contributed by atoms with van der Waals surface area (Å²) in [4.78, 5) is 0. The van der Waals surface area contributed by atoms with Crippen LogP contribution < -0.4 is 5.32 Å². The number of aliphatic hydroxyl groups excluding tert-OH is 1. The van der Waals surface area contributed by atoms with Gasteiger partial charge in [0.05, 0.1) is 5.69 Å². The first-order valence-electron chi connectivity index (χ1n) is 4.54. The summed E-state index contributed by atoms with van der Waals surface area (Å²) in [6, 6.07) is 3.62. The number of hydrogen-bond acceptors (Lipinski definition) is 4. The summed E-state index contributed by atoms with van der Waals surface area (Å²) in [6.45, 7) is 1.86. The molecule has 2 heterocycles. The Kier molecular flexibility index (Phi) is 2.52. The first-order chi connectivity index (χ1) is 6.38. The third-order valence-corrected chi connectivity index (χ3v) is 2.44. The van der Waals surface area contributed by atoms with E-state index in [-0.39, 0.29) is 5.92 Å². The number of nitrogens with one attached hydrogen (secondary N) is 1. The molecule has 1 aliphatic rings. The molecule has 1 saturated heterocycles. The van der Waals surface area contributed by atoms with Gasteiger partial charge in [-0.1, -0.05) is 0 Å². The molecule has 0 spiro atoms. The van der Waals surface area contributed by atoms with Crippen molar-refractivity contribution >= 4 is 0 Å². The highest BCUT2D eigenvalue weighted by Gasteiger charge is 2.25. The quantitative estimate of drug-likeness (QED) is 0.677. The molecule has 2 unspecified atom stereocenters. The zero-order valence-electron chi connectivity index (χ0n) is 7.35. The van der Waals surface area contributed by atoms with E-state index in [2.05, 4.69) is 15.5 Å². The summed E-state index contributed by atoms with van der Waals surface area (Å²) >= 11 is 0. The average Bonchev–Trinajstić information content (AvgIpc) is 2.71. The molecule has 13 heavy (non-hydrogen) atoms. The second kappa shape index (κ2) is 3.81. The van der Waals surface area contributed by atoms with Gasteiger partial charge in [-0.25, -0.2) is 0 Å².